The van der Waals surface area contributed by atoms with Crippen LogP contribution in [0.3, 0.4) is 0 Å². The monoisotopic (exact) mass is 505 g/mol. The third-order valence-corrected chi connectivity index (χ3v) is 7.87. The third-order valence-electron chi connectivity index (χ3n) is 5.55. The zero-order valence-corrected chi connectivity index (χ0v) is 20.2. The number of para-hydroxylation sites is 2. The molecule has 0 saturated carbocycles. The fraction of sp³-hybridized carbons (Fsp3) is 0.160. The van der Waals surface area contributed by atoms with Crippen LogP contribution >= 0.6 is 23.1 Å². The number of thioether (sulfide) groups is 1. The van der Waals surface area contributed by atoms with Gasteiger partial charge in [-0.05, 0) is 37.6 Å². The molecule has 0 amide bonds. The number of ether oxygens (including phenoxy) is 1. The second-order valence-electron chi connectivity index (χ2n) is 7.91. The van der Waals surface area contributed by atoms with Gasteiger partial charge < -0.3 is 4.74 Å². The molecule has 0 aliphatic heterocycles. The summed E-state index contributed by atoms with van der Waals surface area (Å²) < 4.78 is 7.52. The summed E-state index contributed by atoms with van der Waals surface area (Å²) in [7, 11) is 0. The van der Waals surface area contributed by atoms with E-state index in [1.807, 2.05) is 37.3 Å². The van der Waals surface area contributed by atoms with Crippen LogP contribution in [0.4, 0.5) is 5.69 Å². The van der Waals surface area contributed by atoms with Gasteiger partial charge in [0.1, 0.15) is 15.5 Å². The minimum Gasteiger partial charge on any atom is -0.426 e. The first-order chi connectivity index (χ1) is 16.9. The molecular formula is C25H19N3O5S2. The Balaban J connectivity index is 1.47. The summed E-state index contributed by atoms with van der Waals surface area (Å²) in [4.78, 5) is 38.5. The number of carbonyl (C=O) groups excluding carboxylic acids is 2. The van der Waals surface area contributed by atoms with E-state index in [1.54, 1.807) is 28.9 Å². The molecule has 4 aromatic rings. The van der Waals surface area contributed by atoms with E-state index in [0.717, 1.165) is 33.4 Å². The second-order valence-corrected chi connectivity index (χ2v) is 9.99. The smallest absolute Gasteiger partial charge is 0.353 e. The van der Waals surface area contributed by atoms with Crippen molar-refractivity contribution in [1.82, 2.24) is 9.78 Å². The number of thiophene rings is 1. The van der Waals surface area contributed by atoms with Gasteiger partial charge in [0.25, 0.3) is 5.69 Å². The average Bonchev–Trinajstić information content (AvgIpc) is 3.43. The van der Waals surface area contributed by atoms with Gasteiger partial charge in [-0.3, -0.25) is 14.9 Å². The van der Waals surface area contributed by atoms with Gasteiger partial charge in [0, 0.05) is 24.3 Å². The molecule has 1 aliphatic rings. The molecule has 176 valence electrons. The molecule has 0 N–H and O–H groups in total. The Hall–Kier alpha value is -3.76. The number of fused-ring (bicyclic) bond motifs is 1. The molecule has 0 radical (unpaired) electrons. The minimum absolute atomic E-state index is 0.0977. The SMILES string of the molecule is Cc1nn(-c2ccccc2)c2sc(C(=O)OC3=C(Sc4ccccc4[N+](=O)[O-])C(=O)CCC3)cc12. The maximum atomic E-state index is 13.1. The van der Waals surface area contributed by atoms with Crippen molar-refractivity contribution in [3.05, 3.63) is 92.0 Å². The molecular weight excluding hydrogens is 486 g/mol. The molecule has 0 saturated heterocycles. The highest BCUT2D eigenvalue weighted by Gasteiger charge is 2.28. The molecule has 10 heteroatoms. The lowest BCUT2D eigenvalue weighted by molar-refractivity contribution is -0.387. The fourth-order valence-electron chi connectivity index (χ4n) is 3.86. The summed E-state index contributed by atoms with van der Waals surface area (Å²) in [5.41, 5.74) is 1.58. The van der Waals surface area contributed by atoms with Crippen LogP contribution < -0.4 is 0 Å². The van der Waals surface area contributed by atoms with E-state index < -0.39 is 10.9 Å². The average molecular weight is 506 g/mol. The van der Waals surface area contributed by atoms with Crippen molar-refractivity contribution in [2.24, 2.45) is 0 Å². The molecule has 2 aromatic carbocycles. The molecule has 0 fully saturated rings. The zero-order chi connectivity index (χ0) is 24.5. The third kappa shape index (κ3) is 4.50. The van der Waals surface area contributed by atoms with Crippen LogP contribution in [0.25, 0.3) is 15.9 Å². The highest BCUT2D eigenvalue weighted by molar-refractivity contribution is 8.04. The highest BCUT2D eigenvalue weighted by Crippen LogP contribution is 2.40. The molecule has 2 heterocycles. The molecule has 0 unspecified atom stereocenters. The number of nitro groups is 1. The summed E-state index contributed by atoms with van der Waals surface area (Å²) in [6.07, 6.45) is 1.26. The van der Waals surface area contributed by atoms with Gasteiger partial charge in [-0.25, -0.2) is 9.48 Å². The Morgan fingerprint density at radius 3 is 2.66 bits per heavy atom. The first-order valence-corrected chi connectivity index (χ1v) is 12.5. The number of hydrogen-bond donors (Lipinski definition) is 0. The molecule has 2 aromatic heterocycles. The van der Waals surface area contributed by atoms with E-state index >= 15 is 0 Å². The Bertz CT molecular complexity index is 1500. The lowest BCUT2D eigenvalue weighted by Crippen LogP contribution is -2.14. The minimum atomic E-state index is -0.560. The summed E-state index contributed by atoms with van der Waals surface area (Å²) in [5, 5.41) is 16.9. The van der Waals surface area contributed by atoms with Crippen LogP contribution in [0.15, 0.2) is 76.2 Å². The largest absolute Gasteiger partial charge is 0.426 e. The lowest BCUT2D eigenvalue weighted by Gasteiger charge is -2.18. The summed E-state index contributed by atoms with van der Waals surface area (Å²) in [6, 6.07) is 17.6. The molecule has 8 nitrogen and oxygen atoms in total. The normalized spacial score (nSPS) is 13.9. The maximum Gasteiger partial charge on any atom is 0.353 e. The van der Waals surface area contributed by atoms with Gasteiger partial charge in [-0.1, -0.05) is 42.1 Å². The topological polar surface area (TPSA) is 104 Å². The first kappa shape index (κ1) is 23.0. The number of carbonyl (C=O) groups is 2. The number of hydrogen-bond acceptors (Lipinski definition) is 8. The van der Waals surface area contributed by atoms with Gasteiger partial charge in [0.15, 0.2) is 5.78 Å². The summed E-state index contributed by atoms with van der Waals surface area (Å²) in [6.45, 7) is 1.88. The number of benzene rings is 2. The lowest BCUT2D eigenvalue weighted by atomic mass is 10.0. The van der Waals surface area contributed by atoms with Gasteiger partial charge >= 0.3 is 5.97 Å². The fourth-order valence-corrected chi connectivity index (χ4v) is 6.01. The number of nitrogens with zero attached hydrogens (tertiary/aromatic N) is 3. The molecule has 5 rings (SSSR count). The van der Waals surface area contributed by atoms with Crippen LogP contribution in [0, 0.1) is 17.0 Å². The van der Waals surface area contributed by atoms with Gasteiger partial charge in [0.05, 0.1) is 26.1 Å². The van der Waals surface area contributed by atoms with Crippen LogP contribution in [0.5, 0.6) is 0 Å². The summed E-state index contributed by atoms with van der Waals surface area (Å²) >= 11 is 2.25. The number of esters is 1. The van der Waals surface area contributed by atoms with E-state index in [2.05, 4.69) is 5.10 Å². The predicted octanol–water partition coefficient (Wildman–Crippen LogP) is 6.22. The standard InChI is InChI=1S/C25H19N3O5S2/c1-15-17-14-22(35-24(17)27(26-15)16-8-3-2-4-9-16)25(30)33-20-12-7-11-19(29)23(20)34-21-13-6-5-10-18(21)28(31)32/h2-6,8-10,13-14H,7,11-12H2,1H3. The van der Waals surface area contributed by atoms with Gasteiger partial charge in [-0.2, -0.15) is 5.10 Å². The number of rotatable bonds is 6. The van der Waals surface area contributed by atoms with Crippen LogP contribution in [-0.2, 0) is 9.53 Å². The van der Waals surface area contributed by atoms with Crippen LogP contribution in [0.1, 0.15) is 34.6 Å². The van der Waals surface area contributed by atoms with Crippen LogP contribution in [0.2, 0.25) is 0 Å². The van der Waals surface area contributed by atoms with Crippen molar-refractivity contribution in [3.8, 4) is 5.69 Å². The zero-order valence-electron chi connectivity index (χ0n) is 18.6. The van der Waals surface area contributed by atoms with Crippen molar-refractivity contribution in [3.63, 3.8) is 0 Å². The molecule has 35 heavy (non-hydrogen) atoms. The van der Waals surface area contributed by atoms with E-state index in [1.165, 1.54) is 17.4 Å². The Kier molecular flexibility index (Phi) is 6.23. The van der Waals surface area contributed by atoms with E-state index in [9.17, 15) is 19.7 Å². The number of ketones is 1. The number of nitro benzene ring substituents is 1. The number of aromatic nitrogens is 2. The highest BCUT2D eigenvalue weighted by atomic mass is 32.2. The van der Waals surface area contributed by atoms with Gasteiger partial charge in [-0.15, -0.1) is 11.3 Å². The Morgan fingerprint density at radius 2 is 1.89 bits per heavy atom. The van der Waals surface area contributed by atoms with Crippen molar-refractivity contribution >= 4 is 50.8 Å². The number of Topliss-reactive ketones (excluding diaryl/α,β-unsaturated/α-hetero) is 1. The van der Waals surface area contributed by atoms with Crippen LogP contribution in [-0.4, -0.2) is 26.5 Å². The molecule has 0 atom stereocenters. The number of aryl methyl sites for hydroxylation is 1. The summed E-state index contributed by atoms with van der Waals surface area (Å²) in [5.74, 6) is -0.488. The van der Waals surface area contributed by atoms with Gasteiger partial charge in [0.2, 0.25) is 0 Å². The van der Waals surface area contributed by atoms with E-state index in [0.29, 0.717) is 29.0 Å². The Labute approximate surface area is 208 Å². The van der Waals surface area contributed by atoms with E-state index in [4.69, 9.17) is 4.74 Å². The van der Waals surface area contributed by atoms with E-state index in [-0.39, 0.29) is 22.1 Å². The molecule has 0 bridgehead atoms. The number of allylic oxidation sites excluding steroid dienone is 2. The quantitative estimate of drug-likeness (QED) is 0.174. The maximum absolute atomic E-state index is 13.1. The first-order valence-electron chi connectivity index (χ1n) is 10.9. The predicted molar refractivity (Wildman–Crippen MR) is 134 cm³/mol. The Morgan fingerprint density at radius 1 is 1.14 bits per heavy atom. The molecule has 0 spiro atoms. The van der Waals surface area contributed by atoms with Crippen molar-refractivity contribution < 1.29 is 19.2 Å². The van der Waals surface area contributed by atoms with Crippen molar-refractivity contribution in [2.45, 2.75) is 31.1 Å². The second kappa shape index (κ2) is 9.47. The van der Waals surface area contributed by atoms with Crippen molar-refractivity contribution in [2.75, 3.05) is 0 Å². The van der Waals surface area contributed by atoms with Crippen molar-refractivity contribution in [1.29, 1.82) is 0 Å². The molecule has 1 aliphatic carbocycles.